The van der Waals surface area contributed by atoms with Gasteiger partial charge >= 0.3 is 0 Å². The molecule has 0 bridgehead atoms. The number of rotatable bonds is 3. The first-order valence-corrected chi connectivity index (χ1v) is 9.74. The van der Waals surface area contributed by atoms with E-state index in [0.717, 1.165) is 16.9 Å². The third kappa shape index (κ3) is 2.93. The summed E-state index contributed by atoms with van der Waals surface area (Å²) in [5, 5.41) is -0.132. The van der Waals surface area contributed by atoms with Crippen LogP contribution in [0.1, 0.15) is 22.1 Å². The summed E-state index contributed by atoms with van der Waals surface area (Å²) in [5.74, 6) is 0.823. The molecule has 3 rings (SSSR count). The summed E-state index contributed by atoms with van der Waals surface area (Å²) >= 11 is 1.68. The maximum atomic E-state index is 12.9. The molecule has 1 fully saturated rings. The molecule has 0 aliphatic carbocycles. The number of sulfonamides is 1. The summed E-state index contributed by atoms with van der Waals surface area (Å²) in [4.78, 5) is 0.373. The zero-order chi connectivity index (χ0) is 15.7. The van der Waals surface area contributed by atoms with Gasteiger partial charge in [0.25, 0.3) is 0 Å². The van der Waals surface area contributed by atoms with Crippen molar-refractivity contribution in [3.05, 3.63) is 65.2 Å². The normalized spacial score (nSPS) is 19.5. The van der Waals surface area contributed by atoms with E-state index in [1.54, 1.807) is 28.2 Å². The molecule has 5 heteroatoms. The SMILES string of the molecule is Cc1ccc([C@H]2SCCN2S(=O)(=O)c2ccc(C)cc2)cc1. The smallest absolute Gasteiger partial charge is 0.207 e. The van der Waals surface area contributed by atoms with E-state index in [-0.39, 0.29) is 5.37 Å². The van der Waals surface area contributed by atoms with Crippen LogP contribution in [0.2, 0.25) is 0 Å². The van der Waals surface area contributed by atoms with Gasteiger partial charge in [0, 0.05) is 12.3 Å². The van der Waals surface area contributed by atoms with Crippen molar-refractivity contribution in [1.82, 2.24) is 4.31 Å². The first-order valence-electron chi connectivity index (χ1n) is 7.25. The van der Waals surface area contributed by atoms with Crippen LogP contribution in [0.4, 0.5) is 0 Å². The Labute approximate surface area is 136 Å². The van der Waals surface area contributed by atoms with Crippen molar-refractivity contribution in [2.45, 2.75) is 24.1 Å². The zero-order valence-electron chi connectivity index (χ0n) is 12.7. The van der Waals surface area contributed by atoms with Gasteiger partial charge in [0.15, 0.2) is 0 Å². The van der Waals surface area contributed by atoms with Gasteiger partial charge in [-0.2, -0.15) is 4.31 Å². The highest BCUT2D eigenvalue weighted by Gasteiger charge is 2.36. The Morgan fingerprint density at radius 1 is 0.955 bits per heavy atom. The van der Waals surface area contributed by atoms with Gasteiger partial charge < -0.3 is 0 Å². The molecule has 1 aliphatic heterocycles. The quantitative estimate of drug-likeness (QED) is 0.859. The Bertz CT molecular complexity index is 752. The van der Waals surface area contributed by atoms with Gasteiger partial charge in [-0.1, -0.05) is 47.5 Å². The highest BCUT2D eigenvalue weighted by atomic mass is 32.2. The van der Waals surface area contributed by atoms with Gasteiger partial charge in [-0.25, -0.2) is 8.42 Å². The summed E-state index contributed by atoms with van der Waals surface area (Å²) in [6, 6.07) is 15.2. The number of hydrogen-bond donors (Lipinski definition) is 0. The number of thioether (sulfide) groups is 1. The van der Waals surface area contributed by atoms with Crippen molar-refractivity contribution >= 4 is 21.8 Å². The van der Waals surface area contributed by atoms with Crippen molar-refractivity contribution in [3.8, 4) is 0 Å². The molecule has 1 saturated heterocycles. The van der Waals surface area contributed by atoms with Crippen molar-refractivity contribution in [1.29, 1.82) is 0 Å². The largest absolute Gasteiger partial charge is 0.244 e. The fourth-order valence-corrected chi connectivity index (χ4v) is 5.78. The first-order chi connectivity index (χ1) is 10.5. The molecule has 0 amide bonds. The summed E-state index contributed by atoms with van der Waals surface area (Å²) in [7, 11) is -3.45. The number of hydrogen-bond acceptors (Lipinski definition) is 3. The molecular weight excluding hydrogens is 314 g/mol. The van der Waals surface area contributed by atoms with E-state index in [2.05, 4.69) is 0 Å². The van der Waals surface area contributed by atoms with E-state index in [1.165, 1.54) is 5.56 Å². The monoisotopic (exact) mass is 333 g/mol. The third-order valence-electron chi connectivity index (χ3n) is 3.84. The Kier molecular flexibility index (Phi) is 4.30. The van der Waals surface area contributed by atoms with Gasteiger partial charge in [-0.15, -0.1) is 11.8 Å². The van der Waals surface area contributed by atoms with Gasteiger partial charge in [0.2, 0.25) is 10.0 Å². The average Bonchev–Trinajstić information content (AvgIpc) is 2.99. The van der Waals surface area contributed by atoms with Gasteiger partial charge in [0.05, 0.1) is 10.3 Å². The lowest BCUT2D eigenvalue weighted by Crippen LogP contribution is -2.30. The predicted octanol–water partition coefficient (Wildman–Crippen LogP) is 3.74. The number of aryl methyl sites for hydroxylation is 2. The topological polar surface area (TPSA) is 37.4 Å². The molecule has 0 spiro atoms. The molecule has 1 heterocycles. The van der Waals surface area contributed by atoms with Crippen molar-refractivity contribution in [2.75, 3.05) is 12.3 Å². The molecule has 0 unspecified atom stereocenters. The molecule has 22 heavy (non-hydrogen) atoms. The Hall–Kier alpha value is -1.30. The van der Waals surface area contributed by atoms with E-state index in [4.69, 9.17) is 0 Å². The Balaban J connectivity index is 1.95. The molecule has 0 aromatic heterocycles. The van der Waals surface area contributed by atoms with Crippen LogP contribution in [0.5, 0.6) is 0 Å². The molecular formula is C17H19NO2S2. The van der Waals surface area contributed by atoms with Crippen LogP contribution in [-0.2, 0) is 10.0 Å². The second-order valence-corrected chi connectivity index (χ2v) is 8.64. The van der Waals surface area contributed by atoms with Crippen molar-refractivity contribution in [2.24, 2.45) is 0 Å². The molecule has 1 aliphatic rings. The standard InChI is InChI=1S/C17H19NO2S2/c1-13-3-7-15(8-4-13)17-18(11-12-21-17)22(19,20)16-9-5-14(2)6-10-16/h3-10,17H,11-12H2,1-2H3/t17-/m1/s1. The molecule has 2 aromatic rings. The lowest BCUT2D eigenvalue weighted by atomic mass is 10.1. The average molecular weight is 333 g/mol. The molecule has 0 N–H and O–H groups in total. The van der Waals surface area contributed by atoms with Gasteiger partial charge in [0.1, 0.15) is 0 Å². The highest BCUT2D eigenvalue weighted by molar-refractivity contribution is 8.01. The summed E-state index contributed by atoms with van der Waals surface area (Å²) < 4.78 is 27.4. The number of benzene rings is 2. The van der Waals surface area contributed by atoms with E-state index in [1.807, 2.05) is 50.2 Å². The lowest BCUT2D eigenvalue weighted by Gasteiger charge is -2.23. The molecule has 0 saturated carbocycles. The summed E-state index contributed by atoms with van der Waals surface area (Å²) in [6.07, 6.45) is 0. The highest BCUT2D eigenvalue weighted by Crippen LogP contribution is 2.41. The van der Waals surface area contributed by atoms with E-state index in [0.29, 0.717) is 11.4 Å². The van der Waals surface area contributed by atoms with E-state index in [9.17, 15) is 8.42 Å². The zero-order valence-corrected chi connectivity index (χ0v) is 14.3. The van der Waals surface area contributed by atoms with Crippen LogP contribution >= 0.6 is 11.8 Å². The summed E-state index contributed by atoms with van der Waals surface area (Å²) in [6.45, 7) is 4.54. The number of nitrogens with zero attached hydrogens (tertiary/aromatic N) is 1. The predicted molar refractivity (Wildman–Crippen MR) is 91.4 cm³/mol. The second-order valence-electron chi connectivity index (χ2n) is 5.56. The Morgan fingerprint density at radius 3 is 2.09 bits per heavy atom. The van der Waals surface area contributed by atoms with Crippen LogP contribution in [0.25, 0.3) is 0 Å². The molecule has 0 radical (unpaired) electrons. The van der Waals surface area contributed by atoms with Gasteiger partial charge in [-0.05, 0) is 31.5 Å². The van der Waals surface area contributed by atoms with Gasteiger partial charge in [-0.3, -0.25) is 0 Å². The summed E-state index contributed by atoms with van der Waals surface area (Å²) in [5.41, 5.74) is 3.29. The van der Waals surface area contributed by atoms with Crippen molar-refractivity contribution < 1.29 is 8.42 Å². The molecule has 116 valence electrons. The molecule has 3 nitrogen and oxygen atoms in total. The lowest BCUT2D eigenvalue weighted by molar-refractivity contribution is 0.434. The fraction of sp³-hybridized carbons (Fsp3) is 0.294. The van der Waals surface area contributed by atoms with Crippen LogP contribution < -0.4 is 0 Å². The fourth-order valence-electron chi connectivity index (χ4n) is 2.54. The third-order valence-corrected chi connectivity index (χ3v) is 7.11. The van der Waals surface area contributed by atoms with E-state index >= 15 is 0 Å². The van der Waals surface area contributed by atoms with E-state index < -0.39 is 10.0 Å². The van der Waals surface area contributed by atoms with Crippen LogP contribution in [0.3, 0.4) is 0 Å². The second kappa shape index (κ2) is 6.07. The first kappa shape index (κ1) is 15.6. The van der Waals surface area contributed by atoms with Crippen molar-refractivity contribution in [3.63, 3.8) is 0 Å². The van der Waals surface area contributed by atoms with Crippen LogP contribution in [-0.4, -0.2) is 25.0 Å². The minimum Gasteiger partial charge on any atom is -0.207 e. The maximum absolute atomic E-state index is 12.9. The minimum absolute atomic E-state index is 0.132. The van der Waals surface area contributed by atoms with Crippen LogP contribution in [0.15, 0.2) is 53.4 Å². The molecule has 1 atom stereocenters. The minimum atomic E-state index is -3.45. The van der Waals surface area contributed by atoms with Crippen LogP contribution in [0, 0.1) is 13.8 Å². The maximum Gasteiger partial charge on any atom is 0.244 e. The Morgan fingerprint density at radius 2 is 1.50 bits per heavy atom. The molecule has 2 aromatic carbocycles.